The lowest BCUT2D eigenvalue weighted by molar-refractivity contribution is -0.206. The van der Waals surface area contributed by atoms with Crippen LogP contribution < -0.4 is 0 Å². The average Bonchev–Trinajstić information content (AvgIpc) is 2.74. The molecule has 5 aliphatic carbocycles. The van der Waals surface area contributed by atoms with E-state index in [2.05, 4.69) is 54.5 Å². The lowest BCUT2D eigenvalue weighted by Gasteiger charge is -2.71. The molecule has 4 saturated carbocycles. The van der Waals surface area contributed by atoms with E-state index in [0.717, 1.165) is 44.9 Å². The van der Waals surface area contributed by atoms with Gasteiger partial charge in [0.15, 0.2) is 0 Å². The molecule has 186 valence electrons. The second-order valence-electron chi connectivity index (χ2n) is 14.5. The predicted octanol–water partition coefficient (Wildman–Crippen LogP) is 7.09. The van der Waals surface area contributed by atoms with Crippen LogP contribution in [0.15, 0.2) is 11.6 Å². The molecule has 2 N–H and O–H groups in total. The molecule has 0 aromatic carbocycles. The Morgan fingerprint density at radius 2 is 1.61 bits per heavy atom. The van der Waals surface area contributed by atoms with E-state index in [-0.39, 0.29) is 33.7 Å². The first-order valence-corrected chi connectivity index (χ1v) is 13.9. The van der Waals surface area contributed by atoms with Gasteiger partial charge >= 0.3 is 5.97 Å². The maximum absolute atomic E-state index is 12.8. The third-order valence-electron chi connectivity index (χ3n) is 13.4. The van der Waals surface area contributed by atoms with E-state index < -0.39 is 11.4 Å². The van der Waals surface area contributed by atoms with E-state index >= 15 is 0 Å². The van der Waals surface area contributed by atoms with E-state index in [1.165, 1.54) is 18.4 Å². The molecule has 3 heteroatoms. The number of aliphatic hydroxyl groups is 1. The van der Waals surface area contributed by atoms with Gasteiger partial charge in [0.25, 0.3) is 0 Å². The van der Waals surface area contributed by atoms with Crippen LogP contribution in [0.4, 0.5) is 0 Å². The highest BCUT2D eigenvalue weighted by Gasteiger charge is 2.69. The van der Waals surface area contributed by atoms with Crippen molar-refractivity contribution in [3.63, 3.8) is 0 Å². The Hall–Kier alpha value is -0.830. The van der Waals surface area contributed by atoms with Gasteiger partial charge in [-0.15, -0.1) is 0 Å². The molecule has 5 aliphatic rings. The zero-order chi connectivity index (χ0) is 24.2. The van der Waals surface area contributed by atoms with Gasteiger partial charge in [-0.2, -0.15) is 0 Å². The smallest absolute Gasteiger partial charge is 0.310 e. The zero-order valence-electron chi connectivity index (χ0n) is 22.2. The highest BCUT2D eigenvalue weighted by Crippen LogP contribution is 2.75. The maximum Gasteiger partial charge on any atom is 0.310 e. The summed E-state index contributed by atoms with van der Waals surface area (Å²) in [6.45, 7) is 17.0. The summed E-state index contributed by atoms with van der Waals surface area (Å²) < 4.78 is 0. The van der Waals surface area contributed by atoms with Gasteiger partial charge < -0.3 is 10.2 Å². The monoisotopic (exact) mass is 456 g/mol. The minimum atomic E-state index is -0.557. The highest BCUT2D eigenvalue weighted by molar-refractivity contribution is 5.76. The number of carboxylic acid groups (broad SMARTS) is 1. The molecule has 10 atom stereocenters. The molecule has 0 heterocycles. The van der Waals surface area contributed by atoms with Crippen molar-refractivity contribution in [2.24, 2.45) is 56.7 Å². The Bertz CT molecular complexity index is 874. The van der Waals surface area contributed by atoms with Crippen molar-refractivity contribution in [2.75, 3.05) is 0 Å². The van der Waals surface area contributed by atoms with Crippen LogP contribution in [0.25, 0.3) is 0 Å². The minimum absolute atomic E-state index is 0.0302. The molecule has 0 unspecified atom stereocenters. The first-order valence-electron chi connectivity index (χ1n) is 13.9. The number of hydrogen-bond donors (Lipinski definition) is 2. The quantitative estimate of drug-likeness (QED) is 0.414. The van der Waals surface area contributed by atoms with Gasteiger partial charge in [-0.3, -0.25) is 4.79 Å². The fourth-order valence-electron chi connectivity index (χ4n) is 10.8. The van der Waals surface area contributed by atoms with Gasteiger partial charge in [-0.05, 0) is 109 Å². The van der Waals surface area contributed by atoms with Gasteiger partial charge in [-0.25, -0.2) is 0 Å². The number of hydrogen-bond acceptors (Lipinski definition) is 2. The molecule has 5 rings (SSSR count). The van der Waals surface area contributed by atoms with Gasteiger partial charge in [-0.1, -0.05) is 60.1 Å². The fourth-order valence-corrected chi connectivity index (χ4v) is 10.8. The molecule has 0 aliphatic heterocycles. The Morgan fingerprint density at radius 3 is 2.27 bits per heavy atom. The summed E-state index contributed by atoms with van der Waals surface area (Å²) in [5.74, 6) is 1.82. The number of rotatable bonds is 1. The molecule has 0 radical (unpaired) electrons. The minimum Gasteiger partial charge on any atom is -0.481 e. The summed E-state index contributed by atoms with van der Waals surface area (Å²) in [5, 5.41) is 21.4. The Morgan fingerprint density at radius 1 is 0.909 bits per heavy atom. The molecule has 4 fully saturated rings. The van der Waals surface area contributed by atoms with Crippen molar-refractivity contribution < 1.29 is 15.0 Å². The number of aliphatic hydroxyl groups excluding tert-OH is 1. The van der Waals surface area contributed by atoms with Gasteiger partial charge in [0.05, 0.1) is 11.5 Å². The predicted molar refractivity (Wildman–Crippen MR) is 133 cm³/mol. The molecule has 0 saturated heterocycles. The largest absolute Gasteiger partial charge is 0.481 e. The molecule has 0 aromatic heterocycles. The summed E-state index contributed by atoms with van der Waals surface area (Å²) in [5.41, 5.74) is 1.46. The van der Waals surface area contributed by atoms with Crippen LogP contribution in [0, 0.1) is 56.7 Å². The van der Waals surface area contributed by atoms with Crippen LogP contribution >= 0.6 is 0 Å². The number of fused-ring (bicyclic) bond motifs is 7. The molecule has 0 aromatic rings. The molecule has 33 heavy (non-hydrogen) atoms. The van der Waals surface area contributed by atoms with Crippen LogP contribution in [-0.2, 0) is 4.79 Å². The van der Waals surface area contributed by atoms with Crippen LogP contribution in [-0.4, -0.2) is 22.3 Å². The van der Waals surface area contributed by atoms with Crippen LogP contribution in [0.1, 0.15) is 106 Å². The summed E-state index contributed by atoms with van der Waals surface area (Å²) in [6.07, 6.45) is 11.6. The molecule has 3 nitrogen and oxygen atoms in total. The van der Waals surface area contributed by atoms with Crippen molar-refractivity contribution in [3.05, 3.63) is 11.6 Å². The van der Waals surface area contributed by atoms with Crippen LogP contribution in [0.2, 0.25) is 0 Å². The van der Waals surface area contributed by atoms with E-state index in [0.29, 0.717) is 23.7 Å². The SMILES string of the molecule is C[C@H]1[C@H](C)CC[C@@]2(C(=O)O)CC[C@]3(C)C(=CC[C@@H]4[C@@]5(C)CC[C@H](O)C(C)(C)[C@@H]5CC[C@@]43C)[C@@H]12. The van der Waals surface area contributed by atoms with Crippen LogP contribution in [0.5, 0.6) is 0 Å². The Labute approximate surface area is 201 Å². The lowest BCUT2D eigenvalue weighted by Crippen LogP contribution is -2.65. The number of allylic oxidation sites excluding steroid dienone is 2. The maximum atomic E-state index is 12.8. The average molecular weight is 457 g/mol. The third-order valence-corrected chi connectivity index (χ3v) is 13.4. The first kappa shape index (κ1) is 23.9. The van der Waals surface area contributed by atoms with E-state index in [4.69, 9.17) is 0 Å². The fraction of sp³-hybridized carbons (Fsp3) is 0.900. The van der Waals surface area contributed by atoms with Crippen molar-refractivity contribution in [1.82, 2.24) is 0 Å². The van der Waals surface area contributed by atoms with Gasteiger partial charge in [0, 0.05) is 0 Å². The van der Waals surface area contributed by atoms with Gasteiger partial charge in [0.1, 0.15) is 0 Å². The number of carbonyl (C=O) groups is 1. The van der Waals surface area contributed by atoms with Crippen molar-refractivity contribution in [3.8, 4) is 0 Å². The summed E-state index contributed by atoms with van der Waals surface area (Å²) in [4.78, 5) is 12.8. The lowest BCUT2D eigenvalue weighted by atomic mass is 9.33. The van der Waals surface area contributed by atoms with Crippen molar-refractivity contribution in [1.29, 1.82) is 0 Å². The first-order chi connectivity index (χ1) is 15.3. The zero-order valence-corrected chi connectivity index (χ0v) is 22.2. The summed E-state index contributed by atoms with van der Waals surface area (Å²) in [6, 6.07) is 0. The molecule has 0 bridgehead atoms. The van der Waals surface area contributed by atoms with E-state index in [9.17, 15) is 15.0 Å². The third kappa shape index (κ3) is 2.75. The van der Waals surface area contributed by atoms with Crippen LogP contribution in [0.3, 0.4) is 0 Å². The highest BCUT2D eigenvalue weighted by atomic mass is 16.4. The van der Waals surface area contributed by atoms with E-state index in [1.54, 1.807) is 0 Å². The molecular formula is C30H48O3. The second kappa shape index (κ2) is 7.11. The topological polar surface area (TPSA) is 57.5 Å². The number of carboxylic acids is 1. The number of aliphatic carboxylic acids is 1. The van der Waals surface area contributed by atoms with E-state index in [1.807, 2.05) is 0 Å². The van der Waals surface area contributed by atoms with Crippen molar-refractivity contribution in [2.45, 2.75) is 112 Å². The normalized spacial score (nSPS) is 55.3. The standard InChI is InChI=1S/C30H48O3/c1-18-10-15-30(25(32)33)17-16-28(6)20(24(30)19(18)2)8-9-22-27(5)13-12-23(31)26(3,4)21(27)11-14-29(22,28)7/h8,18-19,21-24,31H,9-17H2,1-7H3,(H,32,33)/t18-,19+,21+,22-,23+,24-,27+,28-,29+,30-/m1/s1. The summed E-state index contributed by atoms with van der Waals surface area (Å²) in [7, 11) is 0. The molecular weight excluding hydrogens is 408 g/mol. The molecule has 0 amide bonds. The summed E-state index contributed by atoms with van der Waals surface area (Å²) >= 11 is 0. The molecule has 0 spiro atoms. The second-order valence-corrected chi connectivity index (χ2v) is 14.5. The van der Waals surface area contributed by atoms with Crippen molar-refractivity contribution >= 4 is 5.97 Å². The van der Waals surface area contributed by atoms with Gasteiger partial charge in [0.2, 0.25) is 0 Å². The Kier molecular flexibility index (Phi) is 5.15. The Balaban J connectivity index is 1.61.